The number of fused-ring (bicyclic) bond motifs is 5. The van der Waals surface area contributed by atoms with Crippen LogP contribution >= 0.6 is 0 Å². The second kappa shape index (κ2) is 10.2. The van der Waals surface area contributed by atoms with E-state index in [1.807, 2.05) is 23.1 Å². The number of carbonyl (C=O) groups excluding carboxylic acids is 2. The Morgan fingerprint density at radius 3 is 1.89 bits per heavy atom. The summed E-state index contributed by atoms with van der Waals surface area (Å²) in [6.45, 7) is 0.309. The van der Waals surface area contributed by atoms with Crippen LogP contribution in [0.1, 0.15) is 59.5 Å². The summed E-state index contributed by atoms with van der Waals surface area (Å²) in [5, 5.41) is 0. The van der Waals surface area contributed by atoms with Crippen molar-refractivity contribution < 1.29 is 23.8 Å². The Morgan fingerprint density at radius 2 is 1.34 bits per heavy atom. The average molecular weight is 512 g/mol. The molecule has 0 aromatic heterocycles. The molecule has 6 nitrogen and oxygen atoms in total. The molecule has 1 aliphatic carbocycles. The first-order valence-electron chi connectivity index (χ1n) is 13.5. The summed E-state index contributed by atoms with van der Waals surface area (Å²) in [6, 6.07) is 22.1. The number of nitrogens with zero attached hydrogens (tertiary/aromatic N) is 1. The molecule has 2 aliphatic heterocycles. The van der Waals surface area contributed by atoms with Gasteiger partial charge in [0.2, 0.25) is 0 Å². The lowest BCUT2D eigenvalue weighted by Gasteiger charge is -2.47. The lowest BCUT2D eigenvalue weighted by atomic mass is 9.75. The average Bonchev–Trinajstić information content (AvgIpc) is 3.27. The Bertz CT molecular complexity index is 1290. The number of methoxy groups -OCH3 is 2. The molecule has 0 radical (unpaired) electrons. The van der Waals surface area contributed by atoms with E-state index in [0.717, 1.165) is 19.3 Å². The number of hydrogen-bond donors (Lipinski definition) is 0. The summed E-state index contributed by atoms with van der Waals surface area (Å²) < 4.78 is 17.0. The first-order chi connectivity index (χ1) is 18.6. The van der Waals surface area contributed by atoms with Gasteiger partial charge in [-0.05, 0) is 66.5 Å². The molecule has 0 saturated carbocycles. The van der Waals surface area contributed by atoms with Crippen molar-refractivity contribution in [3.63, 3.8) is 0 Å². The molecule has 2 saturated heterocycles. The molecule has 196 valence electrons. The van der Waals surface area contributed by atoms with Crippen LogP contribution in [0.15, 0.2) is 66.7 Å². The SMILES string of the molecule is COc1cccc(OC)c1C(=O)C1CC2CCCC(C1)N2C(=O)OCC1c2ccccc2-c2ccccc21. The summed E-state index contributed by atoms with van der Waals surface area (Å²) in [6.07, 6.45) is 3.81. The van der Waals surface area contributed by atoms with Gasteiger partial charge in [-0.2, -0.15) is 0 Å². The van der Waals surface area contributed by atoms with E-state index in [1.54, 1.807) is 26.4 Å². The van der Waals surface area contributed by atoms with Gasteiger partial charge in [0.15, 0.2) is 5.78 Å². The van der Waals surface area contributed by atoms with Gasteiger partial charge in [0.1, 0.15) is 23.7 Å². The number of amides is 1. The van der Waals surface area contributed by atoms with Crippen LogP contribution < -0.4 is 9.47 Å². The zero-order valence-corrected chi connectivity index (χ0v) is 21.9. The van der Waals surface area contributed by atoms with Crippen molar-refractivity contribution in [3.8, 4) is 22.6 Å². The Hall–Kier alpha value is -3.80. The molecule has 3 aromatic carbocycles. The molecule has 2 atom stereocenters. The molecular weight excluding hydrogens is 478 g/mol. The van der Waals surface area contributed by atoms with Crippen LogP contribution in [0.3, 0.4) is 0 Å². The third kappa shape index (κ3) is 4.12. The van der Waals surface area contributed by atoms with Gasteiger partial charge in [0, 0.05) is 23.9 Å². The van der Waals surface area contributed by atoms with Gasteiger partial charge in [-0.3, -0.25) is 4.79 Å². The van der Waals surface area contributed by atoms with Crippen molar-refractivity contribution in [2.24, 2.45) is 5.92 Å². The fourth-order valence-corrected chi connectivity index (χ4v) is 6.86. The number of ether oxygens (including phenoxy) is 3. The maximum atomic E-state index is 13.7. The van der Waals surface area contributed by atoms with Crippen molar-refractivity contribution in [1.82, 2.24) is 4.90 Å². The molecule has 6 heteroatoms. The van der Waals surface area contributed by atoms with E-state index in [2.05, 4.69) is 36.4 Å². The number of Topliss-reactive ketones (excluding diaryl/α,β-unsaturated/α-hetero) is 1. The predicted molar refractivity (Wildman–Crippen MR) is 145 cm³/mol. The first-order valence-corrected chi connectivity index (χ1v) is 13.5. The Labute approximate surface area is 223 Å². The highest BCUT2D eigenvalue weighted by Gasteiger charge is 2.45. The zero-order chi connectivity index (χ0) is 26.2. The summed E-state index contributed by atoms with van der Waals surface area (Å²) in [5.41, 5.74) is 5.34. The third-order valence-corrected chi connectivity index (χ3v) is 8.57. The molecule has 0 spiro atoms. The largest absolute Gasteiger partial charge is 0.496 e. The van der Waals surface area contributed by atoms with Gasteiger partial charge in [-0.25, -0.2) is 4.79 Å². The quantitative estimate of drug-likeness (QED) is 0.355. The van der Waals surface area contributed by atoms with E-state index in [-0.39, 0.29) is 35.8 Å². The molecule has 2 unspecified atom stereocenters. The summed E-state index contributed by atoms with van der Waals surface area (Å²) in [5.74, 6) is 0.928. The van der Waals surface area contributed by atoms with Crippen molar-refractivity contribution in [1.29, 1.82) is 0 Å². The molecule has 0 N–H and O–H groups in total. The summed E-state index contributed by atoms with van der Waals surface area (Å²) in [4.78, 5) is 29.2. The minimum atomic E-state index is -0.262. The summed E-state index contributed by atoms with van der Waals surface area (Å²) >= 11 is 0. The second-order valence-corrected chi connectivity index (χ2v) is 10.5. The molecule has 2 fully saturated rings. The zero-order valence-electron chi connectivity index (χ0n) is 21.9. The van der Waals surface area contributed by atoms with Crippen molar-refractivity contribution in [2.45, 2.75) is 50.1 Å². The smallest absolute Gasteiger partial charge is 0.410 e. The standard InChI is InChI=1S/C32H33NO5/c1-36-28-15-8-16-29(37-2)30(28)31(34)20-17-21-9-7-10-22(18-20)33(21)32(35)38-19-27-25-13-5-3-11-23(25)24-12-4-6-14-26(24)27/h3-6,8,11-16,20-22,27H,7,9-10,17-19H2,1-2H3. The maximum absolute atomic E-state index is 13.7. The van der Waals surface area contributed by atoms with E-state index >= 15 is 0 Å². The van der Waals surface area contributed by atoms with E-state index in [0.29, 0.717) is 36.5 Å². The van der Waals surface area contributed by atoms with Crippen LogP contribution in [0.25, 0.3) is 11.1 Å². The van der Waals surface area contributed by atoms with Gasteiger partial charge in [-0.1, -0.05) is 54.6 Å². The minimum absolute atomic E-state index is 0.00666. The van der Waals surface area contributed by atoms with Crippen molar-refractivity contribution >= 4 is 11.9 Å². The number of ketones is 1. The number of rotatable bonds is 6. The topological polar surface area (TPSA) is 65.1 Å². The highest BCUT2D eigenvalue weighted by atomic mass is 16.6. The van der Waals surface area contributed by atoms with Gasteiger partial charge in [-0.15, -0.1) is 0 Å². The molecule has 1 amide bonds. The van der Waals surface area contributed by atoms with Crippen LogP contribution in [0, 0.1) is 5.92 Å². The molecule has 38 heavy (non-hydrogen) atoms. The van der Waals surface area contributed by atoms with Gasteiger partial charge in [0.25, 0.3) is 0 Å². The predicted octanol–water partition coefficient (Wildman–Crippen LogP) is 6.47. The fourth-order valence-electron chi connectivity index (χ4n) is 6.86. The van der Waals surface area contributed by atoms with E-state index in [9.17, 15) is 9.59 Å². The molecule has 3 aromatic rings. The lowest BCUT2D eigenvalue weighted by molar-refractivity contribution is 0.00639. The van der Waals surface area contributed by atoms with Gasteiger partial charge in [0.05, 0.1) is 14.2 Å². The number of hydrogen-bond acceptors (Lipinski definition) is 5. The highest BCUT2D eigenvalue weighted by molar-refractivity contribution is 6.03. The van der Waals surface area contributed by atoms with Crippen LogP contribution in [0.5, 0.6) is 11.5 Å². The lowest BCUT2D eigenvalue weighted by Crippen LogP contribution is -2.56. The van der Waals surface area contributed by atoms with Crippen LogP contribution in [-0.2, 0) is 4.74 Å². The minimum Gasteiger partial charge on any atom is -0.496 e. The van der Waals surface area contributed by atoms with Gasteiger partial charge < -0.3 is 19.1 Å². The van der Waals surface area contributed by atoms with E-state index < -0.39 is 0 Å². The molecular formula is C32H33NO5. The first kappa shape index (κ1) is 24.5. The fraction of sp³-hybridized carbons (Fsp3) is 0.375. The highest BCUT2D eigenvalue weighted by Crippen LogP contribution is 2.45. The monoisotopic (exact) mass is 511 g/mol. The molecule has 6 rings (SSSR count). The number of piperidine rings is 2. The van der Waals surface area contributed by atoms with Crippen LogP contribution in [0.2, 0.25) is 0 Å². The van der Waals surface area contributed by atoms with E-state index in [4.69, 9.17) is 14.2 Å². The number of benzene rings is 3. The van der Waals surface area contributed by atoms with Gasteiger partial charge >= 0.3 is 6.09 Å². The number of carbonyl (C=O) groups is 2. The summed E-state index contributed by atoms with van der Waals surface area (Å²) in [7, 11) is 3.14. The Kier molecular flexibility index (Phi) is 6.56. The third-order valence-electron chi connectivity index (χ3n) is 8.57. The van der Waals surface area contributed by atoms with Crippen LogP contribution in [0.4, 0.5) is 4.79 Å². The Morgan fingerprint density at radius 1 is 0.789 bits per heavy atom. The van der Waals surface area contributed by atoms with Crippen molar-refractivity contribution in [3.05, 3.63) is 83.4 Å². The normalized spacial score (nSPS) is 21.8. The Balaban J connectivity index is 1.18. The van der Waals surface area contributed by atoms with Crippen molar-refractivity contribution in [2.75, 3.05) is 20.8 Å². The molecule has 2 heterocycles. The molecule has 2 bridgehead atoms. The van der Waals surface area contributed by atoms with Crippen LogP contribution in [-0.4, -0.2) is 49.7 Å². The molecule has 3 aliphatic rings. The second-order valence-electron chi connectivity index (χ2n) is 10.5. The van der Waals surface area contributed by atoms with E-state index in [1.165, 1.54) is 22.3 Å². The maximum Gasteiger partial charge on any atom is 0.410 e.